The highest BCUT2D eigenvalue weighted by Gasteiger charge is 2.04. The molecule has 1 aliphatic rings. The maximum Gasteiger partial charge on any atom is 0.00696 e. The van der Waals surface area contributed by atoms with Gasteiger partial charge in [-0.25, -0.2) is 0 Å². The summed E-state index contributed by atoms with van der Waals surface area (Å²) in [7, 11) is 0. The molecule has 0 spiro atoms. The molecular weight excluding hydrogens is 86.1 g/mol. The Morgan fingerprint density at radius 1 is 1.43 bits per heavy atom. The van der Waals surface area contributed by atoms with E-state index in [-0.39, 0.29) is 0 Å². The van der Waals surface area contributed by atoms with E-state index >= 15 is 0 Å². The minimum Gasteiger partial charge on any atom is -0.402 e. The highest BCUT2D eigenvalue weighted by atomic mass is 14.6. The lowest BCUT2D eigenvalue weighted by molar-refractivity contribution is 0.889. The Hall–Kier alpha value is -0.460. The fourth-order valence-electron chi connectivity index (χ4n) is 0.918. The Kier molecular flexibility index (Phi) is 1.05. The van der Waals surface area contributed by atoms with Crippen LogP contribution in [0.15, 0.2) is 11.3 Å². The zero-order chi connectivity index (χ0) is 5.28. The quantitative estimate of drug-likeness (QED) is 0.486. The maximum absolute atomic E-state index is 5.56. The molecule has 7 heavy (non-hydrogen) atoms. The molecule has 1 heteroatoms. The van der Waals surface area contributed by atoms with Crippen molar-refractivity contribution in [3.05, 3.63) is 11.3 Å². The predicted octanol–water partition coefficient (Wildman–Crippen LogP) is 1.40. The maximum atomic E-state index is 5.56. The van der Waals surface area contributed by atoms with Crippen molar-refractivity contribution >= 4 is 0 Å². The monoisotopic (exact) mass is 97.1 g/mol. The van der Waals surface area contributed by atoms with Gasteiger partial charge in [-0.3, -0.25) is 0 Å². The lowest BCUT2D eigenvalue weighted by Gasteiger charge is -1.88. The Labute approximate surface area is 44.2 Å². The van der Waals surface area contributed by atoms with Gasteiger partial charge < -0.3 is 5.73 Å². The summed E-state index contributed by atoms with van der Waals surface area (Å²) in [5.41, 5.74) is 8.09. The van der Waals surface area contributed by atoms with Gasteiger partial charge in [0.2, 0.25) is 0 Å². The zero-order valence-corrected chi connectivity index (χ0v) is 4.70. The first-order valence-electron chi connectivity index (χ1n) is 2.75. The number of nitrogens with two attached hydrogens (primary N) is 1. The summed E-state index contributed by atoms with van der Waals surface area (Å²) >= 11 is 0. The molecule has 1 nitrogen and oxygen atoms in total. The highest BCUT2D eigenvalue weighted by Crippen LogP contribution is 2.20. The first-order chi connectivity index (χ1) is 3.30. The Balaban J connectivity index is 2.64. The summed E-state index contributed by atoms with van der Waals surface area (Å²) in [6.45, 7) is 2.11. The van der Waals surface area contributed by atoms with Crippen LogP contribution in [0.3, 0.4) is 0 Å². The fraction of sp³-hybridized carbons (Fsp3) is 0.667. The molecule has 0 bridgehead atoms. The van der Waals surface area contributed by atoms with Gasteiger partial charge in [0, 0.05) is 5.70 Å². The Morgan fingerprint density at radius 2 is 2.14 bits per heavy atom. The molecule has 0 aromatic rings. The second-order valence-corrected chi connectivity index (χ2v) is 2.16. The molecule has 1 aliphatic carbocycles. The van der Waals surface area contributed by atoms with E-state index in [0.717, 1.165) is 12.1 Å². The largest absolute Gasteiger partial charge is 0.402 e. The van der Waals surface area contributed by atoms with Gasteiger partial charge in [-0.1, -0.05) is 5.57 Å². The van der Waals surface area contributed by atoms with E-state index in [1.54, 1.807) is 0 Å². The van der Waals surface area contributed by atoms with E-state index in [4.69, 9.17) is 5.73 Å². The van der Waals surface area contributed by atoms with E-state index in [2.05, 4.69) is 6.92 Å². The van der Waals surface area contributed by atoms with Crippen LogP contribution in [-0.2, 0) is 0 Å². The van der Waals surface area contributed by atoms with Crippen LogP contribution in [0.4, 0.5) is 0 Å². The van der Waals surface area contributed by atoms with E-state index in [9.17, 15) is 0 Å². The summed E-state index contributed by atoms with van der Waals surface area (Å²) < 4.78 is 0. The molecule has 1 rings (SSSR count). The van der Waals surface area contributed by atoms with Crippen molar-refractivity contribution in [1.29, 1.82) is 0 Å². The van der Waals surface area contributed by atoms with Crippen molar-refractivity contribution in [3.8, 4) is 0 Å². The summed E-state index contributed by atoms with van der Waals surface area (Å²) in [6.07, 6.45) is 3.63. The molecule has 0 aromatic carbocycles. The Bertz CT molecular complexity index is 90.7. The smallest absolute Gasteiger partial charge is 0.00696 e. The third kappa shape index (κ3) is 0.763. The van der Waals surface area contributed by atoms with Crippen LogP contribution in [0.25, 0.3) is 0 Å². The van der Waals surface area contributed by atoms with Crippen LogP contribution < -0.4 is 5.73 Å². The first kappa shape index (κ1) is 4.69. The van der Waals surface area contributed by atoms with Crippen molar-refractivity contribution < 1.29 is 0 Å². The van der Waals surface area contributed by atoms with E-state index in [0.29, 0.717) is 0 Å². The first-order valence-corrected chi connectivity index (χ1v) is 2.75. The third-order valence-corrected chi connectivity index (χ3v) is 1.55. The van der Waals surface area contributed by atoms with Crippen LogP contribution in [0.5, 0.6) is 0 Å². The standard InChI is InChI=1S/C6H11N/c1-5-3-2-4-6(5)7/h2-4,7H2,1H3. The summed E-state index contributed by atoms with van der Waals surface area (Å²) in [5, 5.41) is 0. The lowest BCUT2D eigenvalue weighted by atomic mass is 10.3. The van der Waals surface area contributed by atoms with Crippen LogP contribution in [0, 0.1) is 0 Å². The molecule has 0 atom stereocenters. The molecule has 40 valence electrons. The molecule has 0 aliphatic heterocycles. The second-order valence-electron chi connectivity index (χ2n) is 2.16. The molecule has 0 amide bonds. The van der Waals surface area contributed by atoms with E-state index in [1.165, 1.54) is 18.4 Å². The Morgan fingerprint density at radius 3 is 2.29 bits per heavy atom. The average molecular weight is 97.2 g/mol. The number of rotatable bonds is 0. The molecule has 0 radical (unpaired) electrons. The predicted molar refractivity (Wildman–Crippen MR) is 30.7 cm³/mol. The van der Waals surface area contributed by atoms with Crippen molar-refractivity contribution in [1.82, 2.24) is 0 Å². The molecule has 0 aromatic heterocycles. The minimum atomic E-state index is 1.13. The van der Waals surface area contributed by atoms with Crippen molar-refractivity contribution in [2.24, 2.45) is 5.73 Å². The second kappa shape index (κ2) is 1.57. The summed E-state index contributed by atoms with van der Waals surface area (Å²) in [5.74, 6) is 0. The van der Waals surface area contributed by atoms with Gasteiger partial charge in [0.1, 0.15) is 0 Å². The van der Waals surface area contributed by atoms with Crippen LogP contribution in [0.1, 0.15) is 26.2 Å². The van der Waals surface area contributed by atoms with Gasteiger partial charge in [0.25, 0.3) is 0 Å². The van der Waals surface area contributed by atoms with E-state index < -0.39 is 0 Å². The molecule has 0 unspecified atom stereocenters. The molecule has 0 saturated heterocycles. The van der Waals surface area contributed by atoms with Gasteiger partial charge in [-0.05, 0) is 26.2 Å². The van der Waals surface area contributed by atoms with E-state index in [1.807, 2.05) is 0 Å². The molecule has 0 heterocycles. The number of allylic oxidation sites excluding steroid dienone is 2. The van der Waals surface area contributed by atoms with Gasteiger partial charge in [-0.2, -0.15) is 0 Å². The highest BCUT2D eigenvalue weighted by molar-refractivity contribution is 5.13. The van der Waals surface area contributed by atoms with Crippen molar-refractivity contribution in [2.75, 3.05) is 0 Å². The van der Waals surface area contributed by atoms with Crippen LogP contribution in [-0.4, -0.2) is 0 Å². The zero-order valence-electron chi connectivity index (χ0n) is 4.70. The van der Waals surface area contributed by atoms with Gasteiger partial charge in [-0.15, -0.1) is 0 Å². The van der Waals surface area contributed by atoms with Gasteiger partial charge >= 0.3 is 0 Å². The molecule has 0 saturated carbocycles. The SMILES string of the molecule is CC1=C(N)CCC1. The normalized spacial score (nSPS) is 21.3. The average Bonchev–Trinajstić information content (AvgIpc) is 1.91. The van der Waals surface area contributed by atoms with Crippen LogP contribution >= 0.6 is 0 Å². The van der Waals surface area contributed by atoms with Gasteiger partial charge in [0.05, 0.1) is 0 Å². The minimum absolute atomic E-state index is 1.13. The summed E-state index contributed by atoms with van der Waals surface area (Å²) in [4.78, 5) is 0. The molecular formula is C6H11N. The molecule has 0 fully saturated rings. The van der Waals surface area contributed by atoms with Crippen molar-refractivity contribution in [3.63, 3.8) is 0 Å². The molecule has 2 N–H and O–H groups in total. The number of hydrogen-bond acceptors (Lipinski definition) is 1. The summed E-state index contributed by atoms with van der Waals surface area (Å²) in [6, 6.07) is 0. The third-order valence-electron chi connectivity index (χ3n) is 1.55. The lowest BCUT2D eigenvalue weighted by Crippen LogP contribution is -1.92. The van der Waals surface area contributed by atoms with Crippen molar-refractivity contribution in [2.45, 2.75) is 26.2 Å². The topological polar surface area (TPSA) is 26.0 Å². The number of hydrogen-bond donors (Lipinski definition) is 1. The van der Waals surface area contributed by atoms with Crippen LogP contribution in [0.2, 0.25) is 0 Å². The fourth-order valence-corrected chi connectivity index (χ4v) is 0.918. The van der Waals surface area contributed by atoms with Gasteiger partial charge in [0.15, 0.2) is 0 Å².